The van der Waals surface area contributed by atoms with Gasteiger partial charge in [0.2, 0.25) is 12.7 Å². The van der Waals surface area contributed by atoms with E-state index in [0.717, 1.165) is 43.4 Å². The maximum Gasteiger partial charge on any atom is 0.231 e. The Morgan fingerprint density at radius 3 is 2.48 bits per heavy atom. The molecular weight excluding hydrogens is 394 g/mol. The van der Waals surface area contributed by atoms with Gasteiger partial charge < -0.3 is 29.3 Å². The fourth-order valence-corrected chi connectivity index (χ4v) is 4.23. The summed E-state index contributed by atoms with van der Waals surface area (Å²) < 4.78 is 16.3. The van der Waals surface area contributed by atoms with E-state index >= 15 is 0 Å². The summed E-state index contributed by atoms with van der Waals surface area (Å²) in [5.74, 6) is 2.50. The van der Waals surface area contributed by atoms with Gasteiger partial charge in [0.05, 0.1) is 39.8 Å². The van der Waals surface area contributed by atoms with Crippen LogP contribution in [0.25, 0.3) is 0 Å². The number of rotatable bonds is 7. The number of quaternary nitrogens is 1. The van der Waals surface area contributed by atoms with Gasteiger partial charge >= 0.3 is 0 Å². The van der Waals surface area contributed by atoms with Crippen LogP contribution in [0.2, 0.25) is 0 Å². The van der Waals surface area contributed by atoms with Gasteiger partial charge in [-0.05, 0) is 42.5 Å². The van der Waals surface area contributed by atoms with Crippen molar-refractivity contribution in [3.63, 3.8) is 0 Å². The summed E-state index contributed by atoms with van der Waals surface area (Å²) >= 11 is 0. The van der Waals surface area contributed by atoms with Gasteiger partial charge in [-0.25, -0.2) is 0 Å². The average molecular weight is 427 g/mol. The molecule has 2 aliphatic rings. The predicted octanol–water partition coefficient (Wildman–Crippen LogP) is 1.64. The number of ether oxygens (including phenoxy) is 3. The van der Waals surface area contributed by atoms with Crippen LogP contribution in [0, 0.1) is 5.92 Å². The van der Waals surface area contributed by atoms with Gasteiger partial charge in [-0.1, -0.05) is 13.8 Å². The molecule has 0 bridgehead atoms. The Hall–Kier alpha value is -2.93. The molecule has 1 saturated heterocycles. The molecule has 0 unspecified atom stereocenters. The van der Waals surface area contributed by atoms with Crippen LogP contribution in [0.15, 0.2) is 42.5 Å². The van der Waals surface area contributed by atoms with E-state index in [2.05, 4.69) is 34.5 Å². The molecule has 0 saturated carbocycles. The van der Waals surface area contributed by atoms with Gasteiger partial charge in [0.15, 0.2) is 11.5 Å². The zero-order valence-corrected chi connectivity index (χ0v) is 18.5. The van der Waals surface area contributed by atoms with Crippen molar-refractivity contribution in [2.24, 2.45) is 5.92 Å². The summed E-state index contributed by atoms with van der Waals surface area (Å²) in [6.07, 6.45) is 0. The summed E-state index contributed by atoms with van der Waals surface area (Å²) in [5.41, 5.74) is 2.38. The first-order valence-electron chi connectivity index (χ1n) is 11.0. The molecule has 31 heavy (non-hydrogen) atoms. The summed E-state index contributed by atoms with van der Waals surface area (Å²) in [6.45, 7) is 8.61. The molecule has 1 atom stereocenters. The van der Waals surface area contributed by atoms with Crippen LogP contribution in [0.4, 0.5) is 5.69 Å². The smallest absolute Gasteiger partial charge is 0.231 e. The summed E-state index contributed by atoms with van der Waals surface area (Å²) in [6, 6.07) is 14.5. The standard InChI is InChI=1S/C24H31N3O4/c1-17(2)24(28)25-15-21(18-4-9-22-23(14-18)31-16-30-22)27-12-10-26(11-13-27)19-5-7-20(29-3)8-6-19/h4-9,14,17,21H,10-13,15-16H2,1-3H3,(H,25,28)/p+1/t21-/m0/s1. The van der Waals surface area contributed by atoms with Crippen LogP contribution in [0.3, 0.4) is 0 Å². The number of carbonyl (C=O) groups is 1. The van der Waals surface area contributed by atoms with Crippen LogP contribution in [0.1, 0.15) is 25.5 Å². The Kier molecular flexibility index (Phi) is 6.51. The third kappa shape index (κ3) is 4.88. The molecule has 2 aromatic carbocycles. The number of amides is 1. The number of fused-ring (bicyclic) bond motifs is 1. The molecule has 0 spiro atoms. The minimum atomic E-state index is -0.0284. The third-order valence-corrected chi connectivity index (χ3v) is 6.14. The Labute approximate surface area is 183 Å². The highest BCUT2D eigenvalue weighted by Crippen LogP contribution is 2.33. The lowest BCUT2D eigenvalue weighted by molar-refractivity contribution is -0.931. The second-order valence-corrected chi connectivity index (χ2v) is 8.41. The minimum absolute atomic E-state index is 0.0284. The van der Waals surface area contributed by atoms with Crippen LogP contribution < -0.4 is 29.3 Å². The normalized spacial score (nSPS) is 17.0. The molecule has 7 heteroatoms. The molecule has 2 N–H and O–H groups in total. The van der Waals surface area contributed by atoms with Crippen LogP contribution in [-0.2, 0) is 4.79 Å². The van der Waals surface area contributed by atoms with Crippen molar-refractivity contribution < 1.29 is 23.9 Å². The second kappa shape index (κ2) is 9.47. The Balaban J connectivity index is 1.47. The van der Waals surface area contributed by atoms with E-state index in [4.69, 9.17) is 14.2 Å². The molecule has 4 rings (SSSR count). The number of piperazine rings is 1. The number of nitrogens with one attached hydrogen (secondary N) is 2. The highest BCUT2D eigenvalue weighted by Gasteiger charge is 2.30. The zero-order chi connectivity index (χ0) is 21.8. The van der Waals surface area contributed by atoms with E-state index in [0.29, 0.717) is 6.54 Å². The van der Waals surface area contributed by atoms with E-state index in [1.807, 2.05) is 32.0 Å². The fourth-order valence-electron chi connectivity index (χ4n) is 4.23. The molecule has 7 nitrogen and oxygen atoms in total. The van der Waals surface area contributed by atoms with Gasteiger partial charge in [0, 0.05) is 17.2 Å². The summed E-state index contributed by atoms with van der Waals surface area (Å²) in [5, 5.41) is 3.14. The molecule has 2 aliphatic heterocycles. The lowest BCUT2D eigenvalue weighted by Gasteiger charge is -2.38. The van der Waals surface area contributed by atoms with E-state index in [9.17, 15) is 4.79 Å². The quantitative estimate of drug-likeness (QED) is 0.705. The topological polar surface area (TPSA) is 64.5 Å². The Morgan fingerprint density at radius 1 is 1.10 bits per heavy atom. The monoisotopic (exact) mass is 426 g/mol. The second-order valence-electron chi connectivity index (χ2n) is 8.41. The first-order chi connectivity index (χ1) is 15.0. The molecule has 1 amide bonds. The van der Waals surface area contributed by atoms with Crippen molar-refractivity contribution >= 4 is 11.6 Å². The highest BCUT2D eigenvalue weighted by atomic mass is 16.7. The van der Waals surface area contributed by atoms with Gasteiger partial charge in [-0.15, -0.1) is 0 Å². The first-order valence-corrected chi connectivity index (χ1v) is 11.0. The van der Waals surface area contributed by atoms with Crippen molar-refractivity contribution in [2.45, 2.75) is 19.9 Å². The molecular formula is C24H32N3O4+. The van der Waals surface area contributed by atoms with Gasteiger partial charge in [0.25, 0.3) is 0 Å². The number of carbonyl (C=O) groups excluding carboxylic acids is 1. The largest absolute Gasteiger partial charge is 0.497 e. The molecule has 0 aromatic heterocycles. The zero-order valence-electron chi connectivity index (χ0n) is 18.5. The van der Waals surface area contributed by atoms with Crippen molar-refractivity contribution in [3.05, 3.63) is 48.0 Å². The third-order valence-electron chi connectivity index (χ3n) is 6.14. The van der Waals surface area contributed by atoms with E-state index in [1.54, 1.807) is 7.11 Å². The van der Waals surface area contributed by atoms with Gasteiger partial charge in [-0.3, -0.25) is 4.79 Å². The number of hydrogen-bond donors (Lipinski definition) is 2. The number of benzene rings is 2. The van der Waals surface area contributed by atoms with Gasteiger partial charge in [0.1, 0.15) is 11.8 Å². The van der Waals surface area contributed by atoms with Gasteiger partial charge in [-0.2, -0.15) is 0 Å². The van der Waals surface area contributed by atoms with Crippen LogP contribution in [-0.4, -0.2) is 52.5 Å². The summed E-state index contributed by atoms with van der Waals surface area (Å²) in [4.78, 5) is 16.1. The molecule has 0 radical (unpaired) electrons. The Morgan fingerprint density at radius 2 is 1.81 bits per heavy atom. The highest BCUT2D eigenvalue weighted by molar-refractivity contribution is 5.77. The summed E-state index contributed by atoms with van der Waals surface area (Å²) in [7, 11) is 1.69. The number of methoxy groups -OCH3 is 1. The van der Waals surface area contributed by atoms with Crippen molar-refractivity contribution in [3.8, 4) is 17.2 Å². The first kappa shape index (κ1) is 21.3. The SMILES string of the molecule is COc1ccc(N2CC[NH+]([C@@H](CNC(=O)C(C)C)c3ccc4c(c3)OCO4)CC2)cc1. The predicted molar refractivity (Wildman–Crippen MR) is 119 cm³/mol. The van der Waals surface area contributed by atoms with Crippen molar-refractivity contribution in [1.29, 1.82) is 0 Å². The van der Waals surface area contributed by atoms with Crippen LogP contribution in [0.5, 0.6) is 17.2 Å². The lowest BCUT2D eigenvalue weighted by Crippen LogP contribution is -3.15. The Bertz CT molecular complexity index is 892. The van der Waals surface area contributed by atoms with Crippen molar-refractivity contribution in [1.82, 2.24) is 5.32 Å². The molecule has 2 heterocycles. The van der Waals surface area contributed by atoms with E-state index in [1.165, 1.54) is 16.2 Å². The fraction of sp³-hybridized carbons (Fsp3) is 0.458. The van der Waals surface area contributed by atoms with Crippen LogP contribution >= 0.6 is 0 Å². The molecule has 1 fully saturated rings. The van der Waals surface area contributed by atoms with E-state index in [-0.39, 0.29) is 24.7 Å². The minimum Gasteiger partial charge on any atom is -0.497 e. The number of anilines is 1. The number of nitrogens with zero attached hydrogens (tertiary/aromatic N) is 1. The molecule has 2 aromatic rings. The molecule has 0 aliphatic carbocycles. The maximum atomic E-state index is 12.3. The number of hydrogen-bond acceptors (Lipinski definition) is 5. The van der Waals surface area contributed by atoms with E-state index < -0.39 is 0 Å². The lowest BCUT2D eigenvalue weighted by atomic mass is 10.0. The molecule has 166 valence electrons. The average Bonchev–Trinajstić information content (AvgIpc) is 3.27. The van der Waals surface area contributed by atoms with Crippen molar-refractivity contribution in [2.75, 3.05) is 51.5 Å². The maximum absolute atomic E-state index is 12.3.